The SMILES string of the molecule is Cc1cc(NCc2cnn(C)c2C)c(Br)cc1[N+](=O)[O-]. The maximum Gasteiger partial charge on any atom is 0.273 e. The average Bonchev–Trinajstić information content (AvgIpc) is 2.70. The molecular formula is C13H15BrN4O2. The van der Waals surface area contributed by atoms with Gasteiger partial charge in [0.25, 0.3) is 5.69 Å². The molecule has 2 aromatic rings. The molecule has 0 bridgehead atoms. The number of rotatable bonds is 4. The molecule has 0 aliphatic rings. The third-order valence-corrected chi connectivity index (χ3v) is 3.94. The highest BCUT2D eigenvalue weighted by Crippen LogP contribution is 2.31. The Bertz CT molecular complexity index is 667. The van der Waals surface area contributed by atoms with Crippen LogP contribution in [0.15, 0.2) is 22.8 Å². The first-order valence-corrected chi connectivity index (χ1v) is 6.85. The second-order valence-corrected chi connectivity index (χ2v) is 5.46. The van der Waals surface area contributed by atoms with Crippen LogP contribution in [0, 0.1) is 24.0 Å². The van der Waals surface area contributed by atoms with E-state index in [1.807, 2.05) is 24.9 Å². The van der Waals surface area contributed by atoms with Gasteiger partial charge in [0.1, 0.15) is 0 Å². The van der Waals surface area contributed by atoms with E-state index in [9.17, 15) is 10.1 Å². The Hall–Kier alpha value is -1.89. The first-order valence-electron chi connectivity index (χ1n) is 6.06. The van der Waals surface area contributed by atoms with Crippen molar-refractivity contribution < 1.29 is 4.92 Å². The molecule has 1 aromatic heterocycles. The molecule has 0 radical (unpaired) electrons. The Labute approximate surface area is 125 Å². The van der Waals surface area contributed by atoms with Crippen molar-refractivity contribution >= 4 is 27.3 Å². The van der Waals surface area contributed by atoms with Crippen LogP contribution in [0.3, 0.4) is 0 Å². The van der Waals surface area contributed by atoms with Crippen LogP contribution in [-0.2, 0) is 13.6 Å². The summed E-state index contributed by atoms with van der Waals surface area (Å²) in [6.07, 6.45) is 1.81. The van der Waals surface area contributed by atoms with E-state index >= 15 is 0 Å². The zero-order valence-corrected chi connectivity index (χ0v) is 13.1. The molecule has 7 heteroatoms. The lowest BCUT2D eigenvalue weighted by Gasteiger charge is -2.10. The van der Waals surface area contributed by atoms with Crippen molar-refractivity contribution in [2.24, 2.45) is 7.05 Å². The van der Waals surface area contributed by atoms with E-state index in [1.54, 1.807) is 13.0 Å². The monoisotopic (exact) mass is 338 g/mol. The van der Waals surface area contributed by atoms with Crippen molar-refractivity contribution in [3.8, 4) is 0 Å². The largest absolute Gasteiger partial charge is 0.380 e. The number of anilines is 1. The summed E-state index contributed by atoms with van der Waals surface area (Å²) in [5, 5.41) is 18.3. The van der Waals surface area contributed by atoms with Crippen LogP contribution >= 0.6 is 15.9 Å². The summed E-state index contributed by atoms with van der Waals surface area (Å²) in [5.74, 6) is 0. The quantitative estimate of drug-likeness (QED) is 0.685. The predicted octanol–water partition coefficient (Wildman–Crippen LogP) is 3.32. The van der Waals surface area contributed by atoms with Crippen molar-refractivity contribution in [3.63, 3.8) is 0 Å². The molecule has 0 saturated carbocycles. The summed E-state index contributed by atoms with van der Waals surface area (Å²) in [6.45, 7) is 4.35. The van der Waals surface area contributed by atoms with Crippen LogP contribution in [0.5, 0.6) is 0 Å². The minimum atomic E-state index is -0.380. The topological polar surface area (TPSA) is 73.0 Å². The summed E-state index contributed by atoms with van der Waals surface area (Å²) in [4.78, 5) is 10.5. The Morgan fingerprint density at radius 3 is 2.70 bits per heavy atom. The van der Waals surface area contributed by atoms with Crippen molar-refractivity contribution in [2.75, 3.05) is 5.32 Å². The zero-order valence-electron chi connectivity index (χ0n) is 11.5. The number of nitro benzene ring substituents is 1. The fraction of sp³-hybridized carbons (Fsp3) is 0.308. The van der Waals surface area contributed by atoms with Gasteiger partial charge in [-0.15, -0.1) is 0 Å². The van der Waals surface area contributed by atoms with Crippen LogP contribution in [-0.4, -0.2) is 14.7 Å². The van der Waals surface area contributed by atoms with Gasteiger partial charge < -0.3 is 5.32 Å². The molecular weight excluding hydrogens is 324 g/mol. The summed E-state index contributed by atoms with van der Waals surface area (Å²) in [7, 11) is 1.89. The zero-order chi connectivity index (χ0) is 14.9. The van der Waals surface area contributed by atoms with Crippen molar-refractivity contribution in [2.45, 2.75) is 20.4 Å². The number of hydrogen-bond donors (Lipinski definition) is 1. The van der Waals surface area contributed by atoms with E-state index in [0.29, 0.717) is 16.6 Å². The lowest BCUT2D eigenvalue weighted by atomic mass is 10.1. The predicted molar refractivity (Wildman–Crippen MR) is 80.8 cm³/mol. The van der Waals surface area contributed by atoms with Crippen LogP contribution in [0.2, 0.25) is 0 Å². The number of benzene rings is 1. The normalized spacial score (nSPS) is 10.6. The van der Waals surface area contributed by atoms with Crippen molar-refractivity contribution in [1.29, 1.82) is 0 Å². The lowest BCUT2D eigenvalue weighted by molar-refractivity contribution is -0.385. The number of hydrogen-bond acceptors (Lipinski definition) is 4. The molecule has 0 aliphatic heterocycles. The fourth-order valence-electron chi connectivity index (χ4n) is 1.91. The van der Waals surface area contributed by atoms with Gasteiger partial charge in [0, 0.05) is 46.6 Å². The number of nitro groups is 1. The Morgan fingerprint density at radius 1 is 1.45 bits per heavy atom. The number of nitrogens with zero attached hydrogens (tertiary/aromatic N) is 3. The van der Waals surface area contributed by atoms with E-state index in [0.717, 1.165) is 16.9 Å². The van der Waals surface area contributed by atoms with E-state index in [1.165, 1.54) is 6.07 Å². The Balaban J connectivity index is 2.20. The molecule has 0 aliphatic carbocycles. The van der Waals surface area contributed by atoms with Gasteiger partial charge in [-0.1, -0.05) is 0 Å². The molecule has 6 nitrogen and oxygen atoms in total. The molecule has 20 heavy (non-hydrogen) atoms. The highest BCUT2D eigenvalue weighted by molar-refractivity contribution is 9.10. The molecule has 0 fully saturated rings. The molecule has 0 spiro atoms. The molecule has 2 rings (SSSR count). The average molecular weight is 339 g/mol. The summed E-state index contributed by atoms with van der Waals surface area (Å²) < 4.78 is 2.49. The highest BCUT2D eigenvalue weighted by atomic mass is 79.9. The molecule has 106 valence electrons. The number of aryl methyl sites for hydroxylation is 2. The maximum absolute atomic E-state index is 10.9. The third-order valence-electron chi connectivity index (χ3n) is 3.29. The number of halogens is 1. The smallest absolute Gasteiger partial charge is 0.273 e. The number of nitrogens with one attached hydrogen (secondary N) is 1. The van der Waals surface area contributed by atoms with E-state index in [-0.39, 0.29) is 10.6 Å². The van der Waals surface area contributed by atoms with Crippen molar-refractivity contribution in [1.82, 2.24) is 9.78 Å². The van der Waals surface area contributed by atoms with Gasteiger partial charge in [0.2, 0.25) is 0 Å². The molecule has 1 N–H and O–H groups in total. The third kappa shape index (κ3) is 2.82. The summed E-state index contributed by atoms with van der Waals surface area (Å²) >= 11 is 3.36. The van der Waals surface area contributed by atoms with E-state index < -0.39 is 0 Å². The Morgan fingerprint density at radius 2 is 2.15 bits per heavy atom. The lowest BCUT2D eigenvalue weighted by Crippen LogP contribution is -2.03. The molecule has 0 saturated heterocycles. The standard InChI is InChI=1S/C13H15BrN4O2/c1-8-4-12(11(14)5-13(8)18(19)20)15-6-10-7-16-17(3)9(10)2/h4-5,7,15H,6H2,1-3H3. The molecule has 0 atom stereocenters. The van der Waals surface area contributed by atoms with Crippen molar-refractivity contribution in [3.05, 3.63) is 49.7 Å². The highest BCUT2D eigenvalue weighted by Gasteiger charge is 2.14. The summed E-state index contributed by atoms with van der Waals surface area (Å²) in [5.41, 5.74) is 3.75. The first-order chi connectivity index (χ1) is 9.40. The second kappa shape index (κ2) is 5.62. The molecule has 1 aromatic carbocycles. The van der Waals surface area contributed by atoms with Crippen LogP contribution < -0.4 is 5.32 Å². The van der Waals surface area contributed by atoms with Gasteiger partial charge in [-0.2, -0.15) is 5.10 Å². The van der Waals surface area contributed by atoms with Crippen LogP contribution in [0.4, 0.5) is 11.4 Å². The maximum atomic E-state index is 10.9. The van der Waals surface area contributed by atoms with Crippen LogP contribution in [0.25, 0.3) is 0 Å². The van der Waals surface area contributed by atoms with E-state index in [4.69, 9.17) is 0 Å². The van der Waals surface area contributed by atoms with Crippen LogP contribution in [0.1, 0.15) is 16.8 Å². The van der Waals surface area contributed by atoms with E-state index in [2.05, 4.69) is 26.3 Å². The second-order valence-electron chi connectivity index (χ2n) is 4.61. The first kappa shape index (κ1) is 14.5. The van der Waals surface area contributed by atoms with Gasteiger partial charge >= 0.3 is 0 Å². The summed E-state index contributed by atoms with van der Waals surface area (Å²) in [6, 6.07) is 3.29. The Kier molecular flexibility index (Phi) is 4.08. The minimum Gasteiger partial charge on any atom is -0.380 e. The van der Waals surface area contributed by atoms with Gasteiger partial charge in [-0.3, -0.25) is 14.8 Å². The molecule has 0 amide bonds. The molecule has 1 heterocycles. The van der Waals surface area contributed by atoms with Gasteiger partial charge in [-0.25, -0.2) is 0 Å². The van der Waals surface area contributed by atoms with Gasteiger partial charge in [0.05, 0.1) is 11.1 Å². The molecule has 0 unspecified atom stereocenters. The van der Waals surface area contributed by atoms with Gasteiger partial charge in [0.15, 0.2) is 0 Å². The van der Waals surface area contributed by atoms with Gasteiger partial charge in [-0.05, 0) is 35.8 Å². The number of aromatic nitrogens is 2. The fourth-order valence-corrected chi connectivity index (χ4v) is 2.38. The minimum absolute atomic E-state index is 0.111.